The van der Waals surface area contributed by atoms with Gasteiger partial charge in [0.05, 0.1) is 0 Å². The molecular formula is C13H10ClNOS. The van der Waals surface area contributed by atoms with Crippen LogP contribution in [-0.2, 0) is 0 Å². The zero-order chi connectivity index (χ0) is 12.1. The molecule has 0 heterocycles. The standard InChI is InChI=1S/C13H10ClNOS/c14-11-8-6-10(7-9-11)13(16)15-17-12-4-2-1-3-5-12/h1-9H,(H,15,16). The lowest BCUT2D eigenvalue weighted by molar-refractivity contribution is 0.0984. The smallest absolute Gasteiger partial charge is 0.261 e. The minimum atomic E-state index is -0.129. The molecule has 0 aliphatic carbocycles. The molecule has 0 aliphatic rings. The first-order valence-corrected chi connectivity index (χ1v) is 6.23. The monoisotopic (exact) mass is 263 g/mol. The van der Waals surface area contributed by atoms with Gasteiger partial charge < -0.3 is 0 Å². The molecule has 1 N–H and O–H groups in total. The van der Waals surface area contributed by atoms with Crippen molar-refractivity contribution in [3.63, 3.8) is 0 Å². The second-order valence-electron chi connectivity index (χ2n) is 3.35. The van der Waals surface area contributed by atoms with Gasteiger partial charge in [-0.05, 0) is 48.3 Å². The van der Waals surface area contributed by atoms with E-state index in [1.807, 2.05) is 30.3 Å². The number of hydrogen-bond donors (Lipinski definition) is 1. The fraction of sp³-hybridized carbons (Fsp3) is 0. The molecule has 0 radical (unpaired) electrons. The van der Waals surface area contributed by atoms with Crippen LogP contribution in [0.1, 0.15) is 10.4 Å². The Bertz CT molecular complexity index is 499. The maximum absolute atomic E-state index is 11.8. The van der Waals surface area contributed by atoms with Crippen molar-refractivity contribution in [2.45, 2.75) is 4.90 Å². The zero-order valence-electron chi connectivity index (χ0n) is 8.89. The summed E-state index contributed by atoms with van der Waals surface area (Å²) in [7, 11) is 0. The van der Waals surface area contributed by atoms with Gasteiger partial charge in [-0.3, -0.25) is 9.52 Å². The molecule has 2 rings (SSSR count). The van der Waals surface area contributed by atoms with Crippen LogP contribution < -0.4 is 4.72 Å². The van der Waals surface area contributed by atoms with E-state index in [0.717, 1.165) is 4.90 Å². The molecule has 0 atom stereocenters. The largest absolute Gasteiger partial charge is 0.292 e. The van der Waals surface area contributed by atoms with E-state index in [1.165, 1.54) is 11.9 Å². The van der Waals surface area contributed by atoms with Crippen LogP contribution in [0.25, 0.3) is 0 Å². The van der Waals surface area contributed by atoms with Gasteiger partial charge in [-0.15, -0.1) is 0 Å². The van der Waals surface area contributed by atoms with Gasteiger partial charge in [0.25, 0.3) is 5.91 Å². The van der Waals surface area contributed by atoms with E-state index in [1.54, 1.807) is 24.3 Å². The summed E-state index contributed by atoms with van der Waals surface area (Å²) in [5.74, 6) is -0.129. The molecule has 86 valence electrons. The predicted molar refractivity (Wildman–Crippen MR) is 71.2 cm³/mol. The van der Waals surface area contributed by atoms with Gasteiger partial charge in [-0.1, -0.05) is 29.8 Å². The van der Waals surface area contributed by atoms with E-state index in [2.05, 4.69) is 4.72 Å². The Kier molecular flexibility index (Phi) is 4.07. The number of halogens is 1. The van der Waals surface area contributed by atoms with E-state index in [9.17, 15) is 4.79 Å². The molecule has 0 saturated heterocycles. The Labute approximate surface area is 109 Å². The number of carbonyl (C=O) groups excluding carboxylic acids is 1. The lowest BCUT2D eigenvalue weighted by atomic mass is 10.2. The molecule has 0 unspecified atom stereocenters. The van der Waals surface area contributed by atoms with Crippen LogP contribution in [0.15, 0.2) is 59.5 Å². The topological polar surface area (TPSA) is 29.1 Å². The average molecular weight is 264 g/mol. The van der Waals surface area contributed by atoms with Gasteiger partial charge in [-0.25, -0.2) is 0 Å². The normalized spacial score (nSPS) is 9.94. The van der Waals surface area contributed by atoms with Crippen molar-refractivity contribution in [1.82, 2.24) is 4.72 Å². The number of benzene rings is 2. The van der Waals surface area contributed by atoms with E-state index >= 15 is 0 Å². The van der Waals surface area contributed by atoms with Crippen LogP contribution in [0.5, 0.6) is 0 Å². The summed E-state index contributed by atoms with van der Waals surface area (Å²) in [5, 5.41) is 0.622. The summed E-state index contributed by atoms with van der Waals surface area (Å²) >= 11 is 7.05. The highest BCUT2D eigenvalue weighted by atomic mass is 35.5. The summed E-state index contributed by atoms with van der Waals surface area (Å²) in [6, 6.07) is 16.5. The Morgan fingerprint density at radius 1 is 1.00 bits per heavy atom. The Morgan fingerprint density at radius 2 is 1.65 bits per heavy atom. The first kappa shape index (κ1) is 12.0. The number of nitrogens with one attached hydrogen (secondary N) is 1. The SMILES string of the molecule is O=C(NSc1ccccc1)c1ccc(Cl)cc1. The van der Waals surface area contributed by atoms with E-state index in [4.69, 9.17) is 11.6 Å². The molecule has 2 aromatic carbocycles. The molecule has 17 heavy (non-hydrogen) atoms. The highest BCUT2D eigenvalue weighted by molar-refractivity contribution is 7.98. The van der Waals surface area contributed by atoms with Crippen LogP contribution in [0.3, 0.4) is 0 Å². The zero-order valence-corrected chi connectivity index (χ0v) is 10.5. The number of rotatable bonds is 3. The van der Waals surface area contributed by atoms with E-state index in [0.29, 0.717) is 10.6 Å². The lowest BCUT2D eigenvalue weighted by Gasteiger charge is -2.04. The third-order valence-electron chi connectivity index (χ3n) is 2.11. The number of hydrogen-bond acceptors (Lipinski definition) is 2. The number of amides is 1. The molecule has 0 spiro atoms. The van der Waals surface area contributed by atoms with Gasteiger partial charge >= 0.3 is 0 Å². The molecule has 2 aromatic rings. The van der Waals surface area contributed by atoms with Crippen molar-refractivity contribution in [3.8, 4) is 0 Å². The van der Waals surface area contributed by atoms with Gasteiger partial charge in [0.1, 0.15) is 0 Å². The van der Waals surface area contributed by atoms with Gasteiger partial charge in [0.2, 0.25) is 0 Å². The predicted octanol–water partition coefficient (Wildman–Crippen LogP) is 3.78. The van der Waals surface area contributed by atoms with Crippen molar-refractivity contribution in [2.24, 2.45) is 0 Å². The summed E-state index contributed by atoms with van der Waals surface area (Å²) in [6.07, 6.45) is 0. The average Bonchev–Trinajstić information content (AvgIpc) is 2.38. The second kappa shape index (κ2) is 5.75. The van der Waals surface area contributed by atoms with Crippen molar-refractivity contribution >= 4 is 29.5 Å². The Hall–Kier alpha value is -1.45. The third-order valence-corrected chi connectivity index (χ3v) is 3.16. The molecule has 2 nitrogen and oxygen atoms in total. The first-order valence-electron chi connectivity index (χ1n) is 5.03. The van der Waals surface area contributed by atoms with Crippen molar-refractivity contribution in [1.29, 1.82) is 0 Å². The Balaban J connectivity index is 1.96. The molecule has 1 amide bonds. The first-order chi connectivity index (χ1) is 8.25. The minimum Gasteiger partial charge on any atom is -0.292 e. The second-order valence-corrected chi connectivity index (χ2v) is 4.67. The molecule has 0 saturated carbocycles. The molecule has 0 bridgehead atoms. The highest BCUT2D eigenvalue weighted by Gasteiger charge is 2.04. The Morgan fingerprint density at radius 3 is 2.29 bits per heavy atom. The van der Waals surface area contributed by atoms with Crippen molar-refractivity contribution in [3.05, 3.63) is 65.2 Å². The maximum Gasteiger partial charge on any atom is 0.261 e. The molecule has 0 fully saturated rings. The van der Waals surface area contributed by atoms with Crippen molar-refractivity contribution < 1.29 is 4.79 Å². The van der Waals surface area contributed by atoms with E-state index < -0.39 is 0 Å². The molecular weight excluding hydrogens is 254 g/mol. The van der Waals surface area contributed by atoms with Crippen LogP contribution >= 0.6 is 23.5 Å². The third kappa shape index (κ3) is 3.51. The van der Waals surface area contributed by atoms with Gasteiger partial charge in [0.15, 0.2) is 0 Å². The minimum absolute atomic E-state index is 0.129. The highest BCUT2D eigenvalue weighted by Crippen LogP contribution is 2.15. The van der Waals surface area contributed by atoms with E-state index in [-0.39, 0.29) is 5.91 Å². The quantitative estimate of drug-likeness (QED) is 0.854. The summed E-state index contributed by atoms with van der Waals surface area (Å²) in [6.45, 7) is 0. The summed E-state index contributed by atoms with van der Waals surface area (Å²) in [5.41, 5.74) is 0.595. The lowest BCUT2D eigenvalue weighted by Crippen LogP contribution is -2.15. The van der Waals surface area contributed by atoms with Crippen LogP contribution in [-0.4, -0.2) is 5.91 Å². The molecule has 4 heteroatoms. The van der Waals surface area contributed by atoms with Crippen molar-refractivity contribution in [2.75, 3.05) is 0 Å². The summed E-state index contributed by atoms with van der Waals surface area (Å²) in [4.78, 5) is 12.7. The van der Waals surface area contributed by atoms with Gasteiger partial charge in [0, 0.05) is 15.5 Å². The number of carbonyl (C=O) groups is 1. The fourth-order valence-corrected chi connectivity index (χ4v) is 2.00. The molecule has 0 aromatic heterocycles. The fourth-order valence-electron chi connectivity index (χ4n) is 1.25. The van der Waals surface area contributed by atoms with Crippen LogP contribution in [0.2, 0.25) is 5.02 Å². The van der Waals surface area contributed by atoms with Gasteiger partial charge in [-0.2, -0.15) is 0 Å². The molecule has 0 aliphatic heterocycles. The van der Waals surface area contributed by atoms with Crippen LogP contribution in [0.4, 0.5) is 0 Å². The van der Waals surface area contributed by atoms with Crippen LogP contribution in [0, 0.1) is 0 Å². The maximum atomic E-state index is 11.8. The summed E-state index contributed by atoms with van der Waals surface area (Å²) < 4.78 is 2.77.